The van der Waals surface area contributed by atoms with Crippen molar-refractivity contribution < 1.29 is 59.2 Å². The van der Waals surface area contributed by atoms with Crippen molar-refractivity contribution in [3.05, 3.63) is 60.1 Å². The van der Waals surface area contributed by atoms with Gasteiger partial charge in [-0.05, 0) is 55.8 Å². The number of aliphatic carboxylic acids is 1. The van der Waals surface area contributed by atoms with E-state index < -0.39 is 24.6 Å². The zero-order valence-corrected chi connectivity index (χ0v) is 20.3. The molecule has 1 heterocycles. The van der Waals surface area contributed by atoms with Gasteiger partial charge in [0.15, 0.2) is 0 Å². The van der Waals surface area contributed by atoms with Crippen molar-refractivity contribution in [3.8, 4) is 16.9 Å². The summed E-state index contributed by atoms with van der Waals surface area (Å²) >= 11 is 0. The largest absolute Gasteiger partial charge is 1.00 e. The van der Waals surface area contributed by atoms with Crippen LogP contribution in [0, 0.1) is 5.82 Å². The molecule has 0 aliphatic rings. The number of fused-ring (bicyclic) bond motifs is 1. The van der Waals surface area contributed by atoms with E-state index in [-0.39, 0.29) is 53.6 Å². The number of rotatable bonds is 8. The molecule has 2 unspecified atom stereocenters. The van der Waals surface area contributed by atoms with Gasteiger partial charge in [-0.1, -0.05) is 18.2 Å². The standard InChI is InChI=1S/C24H26FNO5.Na/c1-14(2)26-21-9-7-18(28)12-20(21)24(15-3-5-16(25)6-4-15)22(26)10-8-17(27)11-19(29)13-23(30)31;/h3-10,12,14,17,19,27-29H,11,13H2,1-2H3,(H,30,31);/q;+1/p-1. The summed E-state index contributed by atoms with van der Waals surface area (Å²) < 4.78 is 15.6. The molecule has 164 valence electrons. The van der Waals surface area contributed by atoms with E-state index in [9.17, 15) is 29.6 Å². The smallest absolute Gasteiger partial charge is 0.550 e. The van der Waals surface area contributed by atoms with E-state index in [0.29, 0.717) is 0 Å². The minimum atomic E-state index is -1.39. The second kappa shape index (κ2) is 11.1. The van der Waals surface area contributed by atoms with E-state index in [1.54, 1.807) is 36.4 Å². The fourth-order valence-corrected chi connectivity index (χ4v) is 3.80. The van der Waals surface area contributed by atoms with Gasteiger partial charge in [0.2, 0.25) is 0 Å². The summed E-state index contributed by atoms with van der Waals surface area (Å²) in [7, 11) is 0. The molecule has 0 bridgehead atoms. The second-order valence-corrected chi connectivity index (χ2v) is 7.82. The number of carboxylic acid groups (broad SMARTS) is 1. The first kappa shape index (κ1) is 26.1. The van der Waals surface area contributed by atoms with Gasteiger partial charge in [-0.25, -0.2) is 4.39 Å². The Morgan fingerprint density at radius 1 is 1.16 bits per heavy atom. The summed E-state index contributed by atoms with van der Waals surface area (Å²) in [4.78, 5) is 10.6. The minimum Gasteiger partial charge on any atom is -0.550 e. The number of hydrogen-bond acceptors (Lipinski definition) is 5. The van der Waals surface area contributed by atoms with Crippen LogP contribution in [0.1, 0.15) is 38.4 Å². The van der Waals surface area contributed by atoms with Gasteiger partial charge < -0.3 is 29.8 Å². The van der Waals surface area contributed by atoms with E-state index in [1.807, 2.05) is 18.4 Å². The number of benzene rings is 2. The fraction of sp³-hybridized carbons (Fsp3) is 0.292. The summed E-state index contributed by atoms with van der Waals surface area (Å²) in [6, 6.07) is 11.1. The number of carbonyl (C=O) groups excluding carboxylic acids is 1. The maximum absolute atomic E-state index is 13.5. The minimum absolute atomic E-state index is 0. The SMILES string of the molecule is CC(C)n1c(C=CC(O)CC(O)CC(=O)[O-])c(-c2ccc(F)cc2)c2cc(O)ccc21.[Na+]. The molecule has 8 heteroatoms. The number of aromatic nitrogens is 1. The van der Waals surface area contributed by atoms with Crippen LogP contribution in [0.25, 0.3) is 28.1 Å². The first-order valence-corrected chi connectivity index (χ1v) is 10.0. The van der Waals surface area contributed by atoms with Gasteiger partial charge in [0.25, 0.3) is 0 Å². The third kappa shape index (κ3) is 5.99. The van der Waals surface area contributed by atoms with E-state index in [2.05, 4.69) is 0 Å². The number of carboxylic acids is 1. The Hall–Kier alpha value is -2.16. The van der Waals surface area contributed by atoms with Crippen molar-refractivity contribution in [3.63, 3.8) is 0 Å². The molecule has 2 atom stereocenters. The number of nitrogens with zero attached hydrogens (tertiary/aromatic N) is 1. The van der Waals surface area contributed by atoms with Gasteiger partial charge in [0, 0.05) is 47.0 Å². The molecule has 3 rings (SSSR count). The Bertz CT molecular complexity index is 1110. The Morgan fingerprint density at radius 3 is 2.41 bits per heavy atom. The van der Waals surface area contributed by atoms with Crippen LogP contribution in [0.2, 0.25) is 0 Å². The third-order valence-electron chi connectivity index (χ3n) is 5.07. The van der Waals surface area contributed by atoms with Crippen molar-refractivity contribution >= 4 is 22.9 Å². The molecule has 2 aromatic carbocycles. The zero-order valence-electron chi connectivity index (χ0n) is 18.3. The van der Waals surface area contributed by atoms with Crippen LogP contribution >= 0.6 is 0 Å². The molecule has 0 saturated carbocycles. The topological polar surface area (TPSA) is 106 Å². The molecule has 0 radical (unpaired) electrons. The molecule has 1 aromatic heterocycles. The molecular formula is C24H25FNNaO5. The zero-order chi connectivity index (χ0) is 22.7. The number of phenols is 1. The first-order valence-electron chi connectivity index (χ1n) is 10.0. The first-order chi connectivity index (χ1) is 14.7. The van der Waals surface area contributed by atoms with Gasteiger partial charge in [0.1, 0.15) is 11.6 Å². The van der Waals surface area contributed by atoms with E-state index >= 15 is 0 Å². The Kier molecular flexibility index (Phi) is 9.07. The predicted molar refractivity (Wildman–Crippen MR) is 115 cm³/mol. The van der Waals surface area contributed by atoms with E-state index in [0.717, 1.165) is 27.7 Å². The summed E-state index contributed by atoms with van der Waals surface area (Å²) in [6.07, 6.45) is 0.164. The molecule has 6 nitrogen and oxygen atoms in total. The number of aliphatic hydroxyl groups excluding tert-OH is 2. The monoisotopic (exact) mass is 449 g/mol. The molecule has 32 heavy (non-hydrogen) atoms. The maximum atomic E-state index is 13.5. The quantitative estimate of drug-likeness (QED) is 0.420. The van der Waals surface area contributed by atoms with Crippen LogP contribution in [0.3, 0.4) is 0 Å². The normalized spacial score (nSPS) is 13.4. The van der Waals surface area contributed by atoms with Crippen molar-refractivity contribution in [1.82, 2.24) is 4.57 Å². The Labute approximate surface area is 207 Å². The molecule has 0 fully saturated rings. The number of carbonyl (C=O) groups is 1. The molecule has 0 amide bonds. The van der Waals surface area contributed by atoms with Gasteiger partial charge >= 0.3 is 29.6 Å². The Balaban J connectivity index is 0.00000363. The van der Waals surface area contributed by atoms with Crippen LogP contribution in [0.15, 0.2) is 48.5 Å². The third-order valence-corrected chi connectivity index (χ3v) is 5.07. The molecule has 0 saturated heterocycles. The van der Waals surface area contributed by atoms with Crippen LogP contribution in [0.4, 0.5) is 4.39 Å². The average Bonchev–Trinajstić information content (AvgIpc) is 2.99. The van der Waals surface area contributed by atoms with E-state index in [1.165, 1.54) is 18.2 Å². The van der Waals surface area contributed by atoms with Crippen LogP contribution in [-0.4, -0.2) is 38.1 Å². The van der Waals surface area contributed by atoms with Crippen LogP contribution < -0.4 is 34.7 Å². The molecule has 0 aliphatic heterocycles. The molecule has 0 aliphatic carbocycles. The maximum Gasteiger partial charge on any atom is 1.00 e. The molecule has 3 N–H and O–H groups in total. The van der Waals surface area contributed by atoms with Crippen molar-refractivity contribution in [2.45, 2.75) is 44.9 Å². The number of aromatic hydroxyl groups is 1. The number of phenolic OH excluding ortho intramolecular Hbond substituents is 1. The van der Waals surface area contributed by atoms with E-state index in [4.69, 9.17) is 0 Å². The molecule has 3 aromatic rings. The summed E-state index contributed by atoms with van der Waals surface area (Å²) in [5, 5.41) is 41.5. The Morgan fingerprint density at radius 2 is 1.81 bits per heavy atom. The van der Waals surface area contributed by atoms with Crippen LogP contribution in [0.5, 0.6) is 5.75 Å². The summed E-state index contributed by atoms with van der Waals surface area (Å²) in [5.74, 6) is -1.66. The van der Waals surface area contributed by atoms with Crippen molar-refractivity contribution in [2.24, 2.45) is 0 Å². The molecule has 0 spiro atoms. The average molecular weight is 449 g/mol. The summed E-state index contributed by atoms with van der Waals surface area (Å²) in [6.45, 7) is 4.00. The van der Waals surface area contributed by atoms with Gasteiger partial charge in [0.05, 0.1) is 12.2 Å². The fourth-order valence-electron chi connectivity index (χ4n) is 3.80. The van der Waals surface area contributed by atoms with Crippen LogP contribution in [-0.2, 0) is 4.79 Å². The van der Waals surface area contributed by atoms with Crippen molar-refractivity contribution in [1.29, 1.82) is 0 Å². The number of halogens is 1. The molecular weight excluding hydrogens is 424 g/mol. The number of hydrogen-bond donors (Lipinski definition) is 3. The number of aliphatic hydroxyl groups is 2. The van der Waals surface area contributed by atoms with Gasteiger partial charge in [-0.15, -0.1) is 0 Å². The van der Waals surface area contributed by atoms with Gasteiger partial charge in [-0.3, -0.25) is 0 Å². The van der Waals surface area contributed by atoms with Crippen molar-refractivity contribution in [2.75, 3.05) is 0 Å². The predicted octanol–water partition coefficient (Wildman–Crippen LogP) is 0.00300. The second-order valence-electron chi connectivity index (χ2n) is 7.82. The summed E-state index contributed by atoms with van der Waals surface area (Å²) in [5.41, 5.74) is 3.09. The van der Waals surface area contributed by atoms with Gasteiger partial charge in [-0.2, -0.15) is 0 Å².